The van der Waals surface area contributed by atoms with Crippen molar-refractivity contribution in [1.82, 2.24) is 0 Å². The summed E-state index contributed by atoms with van der Waals surface area (Å²) in [4.78, 5) is 0.972. The summed E-state index contributed by atoms with van der Waals surface area (Å²) < 4.78 is 16.9. The minimum absolute atomic E-state index is 0.184. The summed E-state index contributed by atoms with van der Waals surface area (Å²) in [6, 6.07) is 13.1. The van der Waals surface area contributed by atoms with E-state index in [0.717, 1.165) is 38.7 Å². The number of benzene rings is 2. The van der Waals surface area contributed by atoms with E-state index in [9.17, 15) is 5.11 Å². The standard InChI is InChI=1S/C20H16O4S/c1-22-16-6-3-5-15(21)13(16)10-19-20-12(11-25-19)9-14-17(23-2)7-4-8-18(14)24-20/h3-10H,11H2,1-2H3/p+1/b19-10+. The van der Waals surface area contributed by atoms with E-state index in [1.54, 1.807) is 38.1 Å². The summed E-state index contributed by atoms with van der Waals surface area (Å²) in [5.41, 5.74) is 2.54. The lowest BCUT2D eigenvalue weighted by Crippen LogP contribution is -1.89. The summed E-state index contributed by atoms with van der Waals surface area (Å²) in [6.45, 7) is 0. The van der Waals surface area contributed by atoms with Crippen LogP contribution in [0.4, 0.5) is 0 Å². The van der Waals surface area contributed by atoms with E-state index < -0.39 is 0 Å². The van der Waals surface area contributed by atoms with Gasteiger partial charge in [0, 0.05) is 11.8 Å². The van der Waals surface area contributed by atoms with Crippen LogP contribution in [0.2, 0.25) is 0 Å². The molecule has 2 heterocycles. The molecule has 25 heavy (non-hydrogen) atoms. The zero-order chi connectivity index (χ0) is 17.4. The smallest absolute Gasteiger partial charge is 0.371 e. The molecule has 2 aromatic carbocycles. The van der Waals surface area contributed by atoms with Crippen LogP contribution in [0, 0.1) is 0 Å². The van der Waals surface area contributed by atoms with Crippen LogP contribution < -0.4 is 9.47 Å². The first-order valence-electron chi connectivity index (χ1n) is 7.85. The first-order chi connectivity index (χ1) is 12.2. The van der Waals surface area contributed by atoms with Crippen LogP contribution in [0.3, 0.4) is 0 Å². The summed E-state index contributed by atoms with van der Waals surface area (Å²) in [5, 5.41) is 11.2. The summed E-state index contributed by atoms with van der Waals surface area (Å²) in [7, 11) is 3.25. The van der Waals surface area contributed by atoms with Gasteiger partial charge in [-0.05, 0) is 36.4 Å². The lowest BCUT2D eigenvalue weighted by molar-refractivity contribution is 0.406. The van der Waals surface area contributed by atoms with Crippen LogP contribution >= 0.6 is 11.8 Å². The van der Waals surface area contributed by atoms with Crippen molar-refractivity contribution in [2.75, 3.05) is 14.2 Å². The molecule has 0 fully saturated rings. The number of hydrogen-bond acceptors (Lipinski definition) is 4. The molecule has 4 rings (SSSR count). The van der Waals surface area contributed by atoms with E-state index in [-0.39, 0.29) is 5.75 Å². The Bertz CT molecular complexity index is 994. The largest absolute Gasteiger partial charge is 0.507 e. The minimum atomic E-state index is 0.184. The predicted molar refractivity (Wildman–Crippen MR) is 101 cm³/mol. The van der Waals surface area contributed by atoms with E-state index >= 15 is 0 Å². The van der Waals surface area contributed by atoms with Crippen molar-refractivity contribution in [3.63, 3.8) is 0 Å². The molecular formula is C20H17O4S+. The van der Waals surface area contributed by atoms with Gasteiger partial charge in [0.15, 0.2) is 0 Å². The fourth-order valence-electron chi connectivity index (χ4n) is 2.98. The Morgan fingerprint density at radius 3 is 2.64 bits per heavy atom. The van der Waals surface area contributed by atoms with Crippen molar-refractivity contribution in [3.8, 4) is 17.2 Å². The summed E-state index contributed by atoms with van der Waals surface area (Å²) in [5.74, 6) is 3.26. The number of thioether (sulfide) groups is 1. The number of aromatic hydroxyl groups is 1. The number of fused-ring (bicyclic) bond motifs is 2. The van der Waals surface area contributed by atoms with Crippen LogP contribution in [0.25, 0.3) is 22.0 Å². The van der Waals surface area contributed by atoms with Crippen molar-refractivity contribution in [3.05, 3.63) is 59.4 Å². The number of phenols is 1. The second kappa shape index (κ2) is 6.33. The van der Waals surface area contributed by atoms with Crippen molar-refractivity contribution < 1.29 is 19.0 Å². The topological polar surface area (TPSA) is 50.0 Å². The van der Waals surface area contributed by atoms with Gasteiger partial charge < -0.3 is 14.6 Å². The van der Waals surface area contributed by atoms with Crippen LogP contribution in [-0.2, 0) is 5.75 Å². The monoisotopic (exact) mass is 353 g/mol. The van der Waals surface area contributed by atoms with Gasteiger partial charge in [0.2, 0.25) is 0 Å². The Morgan fingerprint density at radius 1 is 1.08 bits per heavy atom. The van der Waals surface area contributed by atoms with Crippen LogP contribution in [0.1, 0.15) is 16.9 Å². The van der Waals surface area contributed by atoms with Gasteiger partial charge in [-0.25, -0.2) is 4.42 Å². The fourth-order valence-corrected chi connectivity index (χ4v) is 4.01. The minimum Gasteiger partial charge on any atom is -0.507 e. The molecular weight excluding hydrogens is 336 g/mol. The molecule has 0 saturated heterocycles. The third-order valence-electron chi connectivity index (χ3n) is 4.21. The highest BCUT2D eigenvalue weighted by Gasteiger charge is 2.31. The van der Waals surface area contributed by atoms with Gasteiger partial charge in [-0.3, -0.25) is 0 Å². The molecule has 0 amide bonds. The maximum atomic E-state index is 10.2. The van der Waals surface area contributed by atoms with E-state index in [4.69, 9.17) is 13.9 Å². The lowest BCUT2D eigenvalue weighted by atomic mass is 10.1. The second-order valence-corrected chi connectivity index (χ2v) is 6.68. The third-order valence-corrected chi connectivity index (χ3v) is 5.28. The molecule has 4 nitrogen and oxygen atoms in total. The van der Waals surface area contributed by atoms with Crippen molar-refractivity contribution in [2.45, 2.75) is 5.75 Å². The van der Waals surface area contributed by atoms with E-state index in [0.29, 0.717) is 11.3 Å². The van der Waals surface area contributed by atoms with Crippen molar-refractivity contribution in [2.24, 2.45) is 0 Å². The van der Waals surface area contributed by atoms with Gasteiger partial charge in [0.25, 0.3) is 0 Å². The van der Waals surface area contributed by atoms with Gasteiger partial charge in [0.1, 0.15) is 27.5 Å². The molecule has 1 aliphatic rings. The van der Waals surface area contributed by atoms with Crippen LogP contribution in [-0.4, -0.2) is 19.3 Å². The SMILES string of the molecule is COc1cccc(O)c1/C=C1/SCc2cc3c(OC)cccc3[o+]c21. The molecule has 1 aliphatic heterocycles. The Balaban J connectivity index is 1.87. The molecule has 126 valence electrons. The number of methoxy groups -OCH3 is 2. The molecule has 3 aromatic rings. The summed E-state index contributed by atoms with van der Waals surface area (Å²) >= 11 is 1.68. The highest BCUT2D eigenvalue weighted by atomic mass is 32.2. The van der Waals surface area contributed by atoms with E-state index in [2.05, 4.69) is 6.07 Å². The fraction of sp³-hybridized carbons (Fsp3) is 0.150. The van der Waals surface area contributed by atoms with Gasteiger partial charge in [-0.15, -0.1) is 11.8 Å². The highest BCUT2D eigenvalue weighted by Crippen LogP contribution is 2.46. The first kappa shape index (κ1) is 15.8. The molecule has 0 aliphatic carbocycles. The molecule has 0 radical (unpaired) electrons. The van der Waals surface area contributed by atoms with Gasteiger partial charge >= 0.3 is 11.3 Å². The maximum Gasteiger partial charge on any atom is 0.371 e. The molecule has 1 aromatic heterocycles. The Labute approximate surface area is 149 Å². The van der Waals surface area contributed by atoms with Crippen molar-refractivity contribution in [1.29, 1.82) is 0 Å². The Morgan fingerprint density at radius 2 is 1.84 bits per heavy atom. The quantitative estimate of drug-likeness (QED) is 0.657. The van der Waals surface area contributed by atoms with E-state index in [1.165, 1.54) is 0 Å². The molecule has 0 spiro atoms. The highest BCUT2D eigenvalue weighted by molar-refractivity contribution is 8.08. The zero-order valence-corrected chi connectivity index (χ0v) is 14.7. The lowest BCUT2D eigenvalue weighted by Gasteiger charge is -2.06. The number of phenolic OH excluding ortho intramolecular Hbond substituents is 1. The summed E-state index contributed by atoms with van der Waals surface area (Å²) in [6.07, 6.45) is 1.92. The zero-order valence-electron chi connectivity index (χ0n) is 13.9. The molecule has 0 saturated carbocycles. The van der Waals surface area contributed by atoms with Gasteiger partial charge in [0.05, 0.1) is 25.3 Å². The van der Waals surface area contributed by atoms with E-state index in [1.807, 2.05) is 30.3 Å². The number of hydrogen-bond donors (Lipinski definition) is 1. The number of ether oxygens (including phenoxy) is 2. The predicted octanol–water partition coefficient (Wildman–Crippen LogP) is 5.18. The van der Waals surface area contributed by atoms with Crippen LogP contribution in [0.5, 0.6) is 17.2 Å². The molecule has 0 unspecified atom stereocenters. The second-order valence-electron chi connectivity index (χ2n) is 5.66. The van der Waals surface area contributed by atoms with Crippen molar-refractivity contribution >= 4 is 33.7 Å². The van der Waals surface area contributed by atoms with Crippen LogP contribution in [0.15, 0.2) is 46.9 Å². The maximum absolute atomic E-state index is 10.2. The molecule has 1 N–H and O–H groups in total. The Kier molecular flexibility index (Phi) is 4.01. The van der Waals surface area contributed by atoms with Gasteiger partial charge in [-0.2, -0.15) is 0 Å². The molecule has 0 atom stereocenters. The normalized spacial score (nSPS) is 14.7. The first-order valence-corrected chi connectivity index (χ1v) is 8.83. The Hall–Kier alpha value is -2.66. The third kappa shape index (κ3) is 2.70. The average Bonchev–Trinajstić information content (AvgIpc) is 3.03. The number of rotatable bonds is 3. The molecule has 5 heteroatoms. The molecule has 0 bridgehead atoms. The van der Waals surface area contributed by atoms with Gasteiger partial charge in [-0.1, -0.05) is 6.07 Å². The average molecular weight is 353 g/mol.